The highest BCUT2D eigenvalue weighted by atomic mass is 79.9. The number of halogens is 2. The summed E-state index contributed by atoms with van der Waals surface area (Å²) >= 11 is 3.45. The molecule has 0 heterocycles. The Balaban J connectivity index is 2.02. The number of benzene rings is 2. The second kappa shape index (κ2) is 9.32. The Morgan fingerprint density at radius 1 is 1.16 bits per heavy atom. The van der Waals surface area contributed by atoms with Gasteiger partial charge in [-0.3, -0.25) is 9.59 Å². The Labute approximate surface area is 154 Å². The second-order valence-electron chi connectivity index (χ2n) is 5.54. The van der Waals surface area contributed by atoms with E-state index in [1.54, 1.807) is 12.1 Å². The van der Waals surface area contributed by atoms with Crippen molar-refractivity contribution in [3.05, 3.63) is 69.9 Å². The molecular weight excluding hydrogens is 389 g/mol. The minimum atomic E-state index is -0.556. The predicted octanol–water partition coefficient (Wildman–Crippen LogP) is 3.94. The lowest BCUT2D eigenvalue weighted by molar-refractivity contribution is -0.141. The van der Waals surface area contributed by atoms with Gasteiger partial charge < -0.3 is 10.1 Å². The Morgan fingerprint density at radius 3 is 2.48 bits per heavy atom. The van der Waals surface area contributed by atoms with Crippen molar-refractivity contribution in [2.75, 3.05) is 7.11 Å². The van der Waals surface area contributed by atoms with E-state index in [4.69, 9.17) is 0 Å². The van der Waals surface area contributed by atoms with Crippen molar-refractivity contribution in [3.63, 3.8) is 0 Å². The fraction of sp³-hybridized carbons (Fsp3) is 0.263. The molecule has 0 saturated carbocycles. The van der Waals surface area contributed by atoms with Gasteiger partial charge in [0.05, 0.1) is 19.6 Å². The summed E-state index contributed by atoms with van der Waals surface area (Å²) in [4.78, 5) is 23.9. The molecule has 1 N–H and O–H groups in total. The topological polar surface area (TPSA) is 55.4 Å². The lowest BCUT2D eigenvalue weighted by Gasteiger charge is -2.18. The summed E-state index contributed by atoms with van der Waals surface area (Å²) in [5, 5.41) is 2.83. The van der Waals surface area contributed by atoms with E-state index >= 15 is 0 Å². The third kappa shape index (κ3) is 5.98. The number of hydrogen-bond donors (Lipinski definition) is 1. The quantitative estimate of drug-likeness (QED) is 0.707. The molecule has 6 heteroatoms. The Hall–Kier alpha value is -2.21. The van der Waals surface area contributed by atoms with Gasteiger partial charge in [0, 0.05) is 10.9 Å². The van der Waals surface area contributed by atoms with Gasteiger partial charge in [-0.25, -0.2) is 4.39 Å². The zero-order valence-corrected chi connectivity index (χ0v) is 15.4. The molecule has 0 bridgehead atoms. The fourth-order valence-corrected chi connectivity index (χ4v) is 2.90. The standard InChI is InChI=1S/C19H19BrFNO3/c1-25-19(24)12-17(14-6-9-15(21)10-7-14)22-18(23)11-8-13-4-2-3-5-16(13)20/h2-7,9-10,17H,8,11-12H2,1H3,(H,22,23). The number of methoxy groups -OCH3 is 1. The summed E-state index contributed by atoms with van der Waals surface area (Å²) in [7, 11) is 1.29. The van der Waals surface area contributed by atoms with Crippen LogP contribution < -0.4 is 5.32 Å². The molecule has 0 aliphatic heterocycles. The average molecular weight is 408 g/mol. The van der Waals surface area contributed by atoms with Crippen molar-refractivity contribution in [2.45, 2.75) is 25.3 Å². The van der Waals surface area contributed by atoms with Crippen LogP contribution in [0, 0.1) is 5.82 Å². The van der Waals surface area contributed by atoms with Crippen LogP contribution in [-0.4, -0.2) is 19.0 Å². The van der Waals surface area contributed by atoms with Crippen molar-refractivity contribution >= 4 is 27.8 Å². The number of rotatable bonds is 7. The van der Waals surface area contributed by atoms with Gasteiger partial charge in [-0.05, 0) is 35.7 Å². The molecule has 0 spiro atoms. The maximum absolute atomic E-state index is 13.1. The number of carbonyl (C=O) groups is 2. The molecule has 0 radical (unpaired) electrons. The average Bonchev–Trinajstić information content (AvgIpc) is 2.61. The van der Waals surface area contributed by atoms with Crippen molar-refractivity contribution in [3.8, 4) is 0 Å². The molecule has 1 amide bonds. The third-order valence-corrected chi connectivity index (χ3v) is 4.56. The first-order valence-electron chi connectivity index (χ1n) is 7.84. The molecule has 132 valence electrons. The molecule has 0 saturated heterocycles. The van der Waals surface area contributed by atoms with Crippen LogP contribution in [0.25, 0.3) is 0 Å². The van der Waals surface area contributed by atoms with Gasteiger partial charge in [-0.1, -0.05) is 46.3 Å². The second-order valence-corrected chi connectivity index (χ2v) is 6.40. The maximum Gasteiger partial charge on any atom is 0.307 e. The lowest BCUT2D eigenvalue weighted by atomic mass is 10.0. The van der Waals surface area contributed by atoms with Crippen LogP contribution in [0.3, 0.4) is 0 Å². The van der Waals surface area contributed by atoms with Crippen LogP contribution in [0.4, 0.5) is 4.39 Å². The Kier molecular flexibility index (Phi) is 7.13. The van der Waals surface area contributed by atoms with Crippen molar-refractivity contribution < 1.29 is 18.7 Å². The van der Waals surface area contributed by atoms with E-state index in [1.807, 2.05) is 24.3 Å². The van der Waals surface area contributed by atoms with E-state index in [0.29, 0.717) is 12.0 Å². The third-order valence-electron chi connectivity index (χ3n) is 3.79. The number of esters is 1. The summed E-state index contributed by atoms with van der Waals surface area (Å²) in [6, 6.07) is 12.8. The number of aryl methyl sites for hydroxylation is 1. The molecule has 1 unspecified atom stereocenters. The van der Waals surface area contributed by atoms with Crippen LogP contribution in [0.2, 0.25) is 0 Å². The van der Waals surface area contributed by atoms with Gasteiger partial charge in [0.1, 0.15) is 5.82 Å². The SMILES string of the molecule is COC(=O)CC(NC(=O)CCc1ccccc1Br)c1ccc(F)cc1. The molecule has 0 aliphatic carbocycles. The molecule has 2 aromatic carbocycles. The van der Waals surface area contributed by atoms with E-state index in [0.717, 1.165) is 10.0 Å². The molecule has 2 aromatic rings. The molecule has 0 aliphatic rings. The summed E-state index contributed by atoms with van der Waals surface area (Å²) in [6.45, 7) is 0. The summed E-state index contributed by atoms with van der Waals surface area (Å²) in [6.07, 6.45) is 0.839. The minimum absolute atomic E-state index is 0.0110. The van der Waals surface area contributed by atoms with E-state index in [-0.39, 0.29) is 24.6 Å². The number of ether oxygens (including phenoxy) is 1. The minimum Gasteiger partial charge on any atom is -0.469 e. The number of amides is 1. The first-order valence-corrected chi connectivity index (χ1v) is 8.64. The van der Waals surface area contributed by atoms with Gasteiger partial charge in [-0.2, -0.15) is 0 Å². The summed E-state index contributed by atoms with van der Waals surface area (Å²) < 4.78 is 18.7. The van der Waals surface area contributed by atoms with Crippen LogP contribution in [0.15, 0.2) is 53.0 Å². The van der Waals surface area contributed by atoms with E-state index in [9.17, 15) is 14.0 Å². The highest BCUT2D eigenvalue weighted by Gasteiger charge is 2.19. The molecule has 4 nitrogen and oxygen atoms in total. The van der Waals surface area contributed by atoms with Crippen LogP contribution >= 0.6 is 15.9 Å². The van der Waals surface area contributed by atoms with Crippen LogP contribution in [0.5, 0.6) is 0 Å². The van der Waals surface area contributed by atoms with E-state index in [1.165, 1.54) is 19.2 Å². The fourth-order valence-electron chi connectivity index (χ4n) is 2.41. The van der Waals surface area contributed by atoms with E-state index in [2.05, 4.69) is 26.0 Å². The number of carbonyl (C=O) groups excluding carboxylic acids is 2. The normalized spacial score (nSPS) is 11.6. The summed E-state index contributed by atoms with van der Waals surface area (Å²) in [5.41, 5.74) is 1.69. The smallest absolute Gasteiger partial charge is 0.307 e. The molecule has 2 rings (SSSR count). The van der Waals surface area contributed by atoms with Gasteiger partial charge in [0.25, 0.3) is 0 Å². The van der Waals surface area contributed by atoms with E-state index < -0.39 is 12.0 Å². The predicted molar refractivity (Wildman–Crippen MR) is 96.4 cm³/mol. The number of nitrogens with one attached hydrogen (secondary N) is 1. The van der Waals surface area contributed by atoms with Crippen molar-refractivity contribution in [1.29, 1.82) is 0 Å². The molecule has 1 atom stereocenters. The Morgan fingerprint density at radius 2 is 1.84 bits per heavy atom. The van der Waals surface area contributed by atoms with Crippen molar-refractivity contribution in [1.82, 2.24) is 5.32 Å². The zero-order chi connectivity index (χ0) is 18.2. The first kappa shape index (κ1) is 19.1. The molecular formula is C19H19BrFNO3. The molecule has 25 heavy (non-hydrogen) atoms. The first-order chi connectivity index (χ1) is 12.0. The van der Waals surface area contributed by atoms with Gasteiger partial charge in [-0.15, -0.1) is 0 Å². The highest BCUT2D eigenvalue weighted by Crippen LogP contribution is 2.20. The lowest BCUT2D eigenvalue weighted by Crippen LogP contribution is -2.30. The Bertz CT molecular complexity index is 734. The van der Waals surface area contributed by atoms with Crippen LogP contribution in [0.1, 0.15) is 30.0 Å². The van der Waals surface area contributed by atoms with Gasteiger partial charge >= 0.3 is 5.97 Å². The van der Waals surface area contributed by atoms with Crippen LogP contribution in [-0.2, 0) is 20.7 Å². The highest BCUT2D eigenvalue weighted by molar-refractivity contribution is 9.10. The monoisotopic (exact) mass is 407 g/mol. The van der Waals surface area contributed by atoms with Crippen molar-refractivity contribution in [2.24, 2.45) is 0 Å². The molecule has 0 aromatic heterocycles. The zero-order valence-electron chi connectivity index (χ0n) is 13.8. The van der Waals surface area contributed by atoms with Gasteiger partial charge in [0.15, 0.2) is 0 Å². The summed E-state index contributed by atoms with van der Waals surface area (Å²) in [5.74, 6) is -1.00. The molecule has 0 fully saturated rings. The number of hydrogen-bond acceptors (Lipinski definition) is 3. The van der Waals surface area contributed by atoms with Gasteiger partial charge in [0.2, 0.25) is 5.91 Å². The maximum atomic E-state index is 13.1. The largest absolute Gasteiger partial charge is 0.469 e.